The first-order chi connectivity index (χ1) is 15.1. The molecule has 9 heteroatoms. The highest BCUT2D eigenvalue weighted by Crippen LogP contribution is 2.33. The van der Waals surface area contributed by atoms with Crippen LogP contribution in [0.25, 0.3) is 0 Å². The predicted octanol–water partition coefficient (Wildman–Crippen LogP) is 3.06. The maximum Gasteiger partial charge on any atom is 0.228 e. The Bertz CT molecular complexity index is 1070. The van der Waals surface area contributed by atoms with Gasteiger partial charge in [0.2, 0.25) is 5.95 Å². The van der Waals surface area contributed by atoms with E-state index in [-0.39, 0.29) is 11.8 Å². The molecule has 4 heterocycles. The van der Waals surface area contributed by atoms with E-state index < -0.39 is 0 Å². The molecule has 0 spiro atoms. The maximum absolute atomic E-state index is 13.0. The van der Waals surface area contributed by atoms with Crippen molar-refractivity contribution in [1.29, 1.82) is 0 Å². The Morgan fingerprint density at radius 2 is 2.19 bits per heavy atom. The average molecular weight is 421 g/mol. The highest BCUT2D eigenvalue weighted by molar-refractivity contribution is 5.88. The first-order valence-corrected chi connectivity index (χ1v) is 11.1. The fraction of sp³-hybridized carbons (Fsp3) is 0.500. The Morgan fingerprint density at radius 3 is 2.97 bits per heavy atom. The number of aromatic amines is 2. The van der Waals surface area contributed by atoms with E-state index in [9.17, 15) is 4.79 Å². The molecule has 0 saturated carbocycles. The SMILES string of the molecule is CC(C)c1cc(Nc2nc(N3CCCC3C(=O)Cc3ncc[nH]3)nc3c2CCC3)n[nH]1. The van der Waals surface area contributed by atoms with Crippen molar-refractivity contribution >= 4 is 23.4 Å². The minimum Gasteiger partial charge on any atom is -0.348 e. The molecule has 162 valence electrons. The van der Waals surface area contributed by atoms with Crippen molar-refractivity contribution in [3.63, 3.8) is 0 Å². The summed E-state index contributed by atoms with van der Waals surface area (Å²) in [6, 6.07) is 1.81. The van der Waals surface area contributed by atoms with Gasteiger partial charge in [-0.15, -0.1) is 0 Å². The molecule has 0 amide bonds. The number of imidazole rings is 1. The van der Waals surface area contributed by atoms with E-state index in [1.165, 1.54) is 0 Å². The fourth-order valence-electron chi connectivity index (χ4n) is 4.49. The Labute approximate surface area is 181 Å². The van der Waals surface area contributed by atoms with Crippen LogP contribution in [0.2, 0.25) is 0 Å². The fourth-order valence-corrected chi connectivity index (χ4v) is 4.49. The molecule has 3 N–H and O–H groups in total. The van der Waals surface area contributed by atoms with E-state index in [0.717, 1.165) is 67.2 Å². The van der Waals surface area contributed by atoms with Crippen LogP contribution < -0.4 is 10.2 Å². The molecular formula is C22H28N8O. The van der Waals surface area contributed by atoms with Crippen LogP contribution in [0.3, 0.4) is 0 Å². The summed E-state index contributed by atoms with van der Waals surface area (Å²) in [4.78, 5) is 32.0. The van der Waals surface area contributed by atoms with Gasteiger partial charge in [-0.25, -0.2) is 9.97 Å². The summed E-state index contributed by atoms with van der Waals surface area (Å²) in [6.45, 7) is 5.04. The number of aryl methyl sites for hydroxylation is 1. The largest absolute Gasteiger partial charge is 0.348 e. The third-order valence-corrected chi connectivity index (χ3v) is 6.17. The Morgan fingerprint density at radius 1 is 1.29 bits per heavy atom. The van der Waals surface area contributed by atoms with Crippen LogP contribution >= 0.6 is 0 Å². The van der Waals surface area contributed by atoms with Crippen molar-refractivity contribution in [2.75, 3.05) is 16.8 Å². The molecule has 1 saturated heterocycles. The van der Waals surface area contributed by atoms with Crippen molar-refractivity contribution in [2.45, 2.75) is 64.3 Å². The van der Waals surface area contributed by atoms with E-state index in [2.05, 4.69) is 44.2 Å². The molecule has 1 fully saturated rings. The number of fused-ring (bicyclic) bond motifs is 1. The van der Waals surface area contributed by atoms with Crippen LogP contribution in [0.1, 0.15) is 61.8 Å². The van der Waals surface area contributed by atoms with E-state index in [0.29, 0.717) is 24.1 Å². The monoisotopic (exact) mass is 420 g/mol. The minimum atomic E-state index is -0.213. The van der Waals surface area contributed by atoms with Gasteiger partial charge in [0.1, 0.15) is 11.6 Å². The second kappa shape index (κ2) is 8.13. The summed E-state index contributed by atoms with van der Waals surface area (Å²) in [5.41, 5.74) is 3.32. The summed E-state index contributed by atoms with van der Waals surface area (Å²) in [6.07, 6.45) is 8.47. The van der Waals surface area contributed by atoms with Gasteiger partial charge in [0.05, 0.1) is 18.2 Å². The maximum atomic E-state index is 13.0. The number of ketones is 1. The molecule has 1 aliphatic carbocycles. The summed E-state index contributed by atoms with van der Waals surface area (Å²) >= 11 is 0. The standard InChI is InChI=1S/C22H28N8O/c1-13(2)16-11-20(29-28-16)26-21-14-5-3-6-15(14)25-22(27-21)30-10-4-7-17(30)18(31)12-19-23-8-9-24-19/h8-9,11,13,17H,3-7,10,12H2,1-2H3,(H,23,24)(H2,25,26,27,28,29). The van der Waals surface area contributed by atoms with Gasteiger partial charge in [0.25, 0.3) is 0 Å². The first kappa shape index (κ1) is 19.7. The lowest BCUT2D eigenvalue weighted by Gasteiger charge is -2.24. The summed E-state index contributed by atoms with van der Waals surface area (Å²) < 4.78 is 0. The summed E-state index contributed by atoms with van der Waals surface area (Å²) in [5, 5.41) is 10.9. The van der Waals surface area contributed by atoms with Gasteiger partial charge >= 0.3 is 0 Å². The molecule has 0 aromatic carbocycles. The molecule has 5 rings (SSSR count). The van der Waals surface area contributed by atoms with Gasteiger partial charge < -0.3 is 15.2 Å². The predicted molar refractivity (Wildman–Crippen MR) is 118 cm³/mol. The first-order valence-electron chi connectivity index (χ1n) is 11.1. The number of nitrogens with zero attached hydrogens (tertiary/aromatic N) is 5. The number of hydrogen-bond acceptors (Lipinski definition) is 7. The zero-order valence-electron chi connectivity index (χ0n) is 18.0. The average Bonchev–Trinajstić information content (AvgIpc) is 3.53. The number of Topliss-reactive ketones (excluding diaryl/α,β-unsaturated/α-hetero) is 1. The highest BCUT2D eigenvalue weighted by Gasteiger charge is 2.34. The van der Waals surface area contributed by atoms with Crippen molar-refractivity contribution in [3.05, 3.63) is 41.2 Å². The molecule has 1 aliphatic heterocycles. The Balaban J connectivity index is 1.42. The zero-order chi connectivity index (χ0) is 21.4. The molecule has 3 aromatic rings. The van der Waals surface area contributed by atoms with Crippen LogP contribution in [0, 0.1) is 0 Å². The lowest BCUT2D eigenvalue weighted by molar-refractivity contribution is -0.119. The number of carbonyl (C=O) groups is 1. The molecule has 3 aromatic heterocycles. The van der Waals surface area contributed by atoms with Gasteiger partial charge in [0, 0.05) is 36.3 Å². The molecule has 0 bridgehead atoms. The number of H-pyrrole nitrogens is 2. The van der Waals surface area contributed by atoms with Crippen molar-refractivity contribution in [3.8, 4) is 0 Å². The van der Waals surface area contributed by atoms with Gasteiger partial charge in [-0.1, -0.05) is 13.8 Å². The van der Waals surface area contributed by atoms with Gasteiger partial charge in [-0.05, 0) is 38.0 Å². The zero-order valence-corrected chi connectivity index (χ0v) is 18.0. The van der Waals surface area contributed by atoms with Crippen LogP contribution in [0.5, 0.6) is 0 Å². The Hall–Kier alpha value is -3.23. The van der Waals surface area contributed by atoms with E-state index in [1.807, 2.05) is 6.07 Å². The number of aromatic nitrogens is 6. The van der Waals surface area contributed by atoms with Crippen molar-refractivity contribution < 1.29 is 4.79 Å². The number of carbonyl (C=O) groups excluding carboxylic acids is 1. The van der Waals surface area contributed by atoms with Crippen LogP contribution in [0.15, 0.2) is 18.5 Å². The second-order valence-corrected chi connectivity index (χ2v) is 8.67. The minimum absolute atomic E-state index is 0.153. The van der Waals surface area contributed by atoms with Crippen LogP contribution in [-0.4, -0.2) is 48.5 Å². The molecule has 1 atom stereocenters. The topological polar surface area (TPSA) is 115 Å². The van der Waals surface area contributed by atoms with Crippen LogP contribution in [-0.2, 0) is 24.1 Å². The lowest BCUT2D eigenvalue weighted by atomic mass is 10.1. The van der Waals surface area contributed by atoms with Crippen molar-refractivity contribution in [2.24, 2.45) is 0 Å². The molecule has 0 radical (unpaired) electrons. The number of rotatable bonds is 7. The number of anilines is 3. The normalized spacial score (nSPS) is 18.0. The third-order valence-electron chi connectivity index (χ3n) is 6.17. The highest BCUT2D eigenvalue weighted by atomic mass is 16.1. The molecule has 9 nitrogen and oxygen atoms in total. The number of nitrogens with one attached hydrogen (secondary N) is 3. The smallest absolute Gasteiger partial charge is 0.228 e. The third kappa shape index (κ3) is 3.92. The molecule has 2 aliphatic rings. The quantitative estimate of drug-likeness (QED) is 0.538. The van der Waals surface area contributed by atoms with Crippen molar-refractivity contribution in [1.82, 2.24) is 30.1 Å². The van der Waals surface area contributed by atoms with Gasteiger partial charge in [-0.2, -0.15) is 10.1 Å². The summed E-state index contributed by atoms with van der Waals surface area (Å²) in [7, 11) is 0. The second-order valence-electron chi connectivity index (χ2n) is 8.67. The summed E-state index contributed by atoms with van der Waals surface area (Å²) in [5.74, 6) is 3.43. The Kier molecular flexibility index (Phi) is 5.17. The van der Waals surface area contributed by atoms with E-state index >= 15 is 0 Å². The van der Waals surface area contributed by atoms with E-state index in [1.54, 1.807) is 12.4 Å². The molecule has 31 heavy (non-hydrogen) atoms. The van der Waals surface area contributed by atoms with Gasteiger partial charge in [-0.3, -0.25) is 9.89 Å². The lowest BCUT2D eigenvalue weighted by Crippen LogP contribution is -2.38. The van der Waals surface area contributed by atoms with Crippen LogP contribution in [0.4, 0.5) is 17.6 Å². The molecule has 1 unspecified atom stereocenters. The van der Waals surface area contributed by atoms with E-state index in [4.69, 9.17) is 9.97 Å². The molecular weight excluding hydrogens is 392 g/mol. The number of hydrogen-bond donors (Lipinski definition) is 3. The van der Waals surface area contributed by atoms with Gasteiger partial charge in [0.15, 0.2) is 11.6 Å².